The second-order valence-corrected chi connectivity index (χ2v) is 4.68. The molecule has 0 aliphatic heterocycles. The average molecular weight is 228 g/mol. The van der Waals surface area contributed by atoms with Crippen LogP contribution >= 0.6 is 0 Å². The van der Waals surface area contributed by atoms with Gasteiger partial charge in [-0.15, -0.1) is 4.72 Å². The van der Waals surface area contributed by atoms with E-state index in [0.29, 0.717) is 12.3 Å². The minimum absolute atomic E-state index is 0.205. The molecule has 0 N–H and O–H groups in total. The molecule has 15 heavy (non-hydrogen) atoms. The highest BCUT2D eigenvalue weighted by Gasteiger charge is 2.13. The van der Waals surface area contributed by atoms with Crippen LogP contribution in [0.2, 0.25) is 0 Å². The van der Waals surface area contributed by atoms with Crippen molar-refractivity contribution in [3.05, 3.63) is 24.3 Å². The van der Waals surface area contributed by atoms with Gasteiger partial charge in [0, 0.05) is 6.54 Å². The first kappa shape index (κ1) is 12.0. The predicted molar refractivity (Wildman–Crippen MR) is 57.5 cm³/mol. The molecule has 0 bridgehead atoms. The number of methoxy groups -OCH3 is 1. The molecule has 0 fully saturated rings. The van der Waals surface area contributed by atoms with Crippen molar-refractivity contribution in [3.8, 4) is 5.75 Å². The Bertz CT molecular complexity index is 397. The van der Waals surface area contributed by atoms with E-state index in [4.69, 9.17) is 4.74 Å². The maximum Gasteiger partial charge on any atom is 0.256 e. The lowest BCUT2D eigenvalue weighted by atomic mass is 10.3. The SMILES string of the molecule is CCC[N]S(=O)(=O)c1ccc(OC)cc1. The second kappa shape index (κ2) is 5.14. The summed E-state index contributed by atoms with van der Waals surface area (Å²) in [5, 5.41) is 0. The summed E-state index contributed by atoms with van der Waals surface area (Å²) < 4.78 is 31.7. The van der Waals surface area contributed by atoms with E-state index >= 15 is 0 Å². The molecule has 0 saturated heterocycles. The average Bonchev–Trinajstić information content (AvgIpc) is 2.26. The fourth-order valence-corrected chi connectivity index (χ4v) is 2.09. The van der Waals surface area contributed by atoms with Gasteiger partial charge in [0.25, 0.3) is 10.0 Å². The van der Waals surface area contributed by atoms with Crippen LogP contribution in [0, 0.1) is 0 Å². The molecule has 1 radical (unpaired) electrons. The smallest absolute Gasteiger partial charge is 0.256 e. The fraction of sp³-hybridized carbons (Fsp3) is 0.400. The lowest BCUT2D eigenvalue weighted by Crippen LogP contribution is -2.16. The summed E-state index contributed by atoms with van der Waals surface area (Å²) in [4.78, 5) is 0.205. The van der Waals surface area contributed by atoms with E-state index < -0.39 is 10.0 Å². The summed E-state index contributed by atoms with van der Waals surface area (Å²) in [5.74, 6) is 0.629. The zero-order chi connectivity index (χ0) is 11.3. The molecule has 83 valence electrons. The third kappa shape index (κ3) is 3.21. The molecule has 4 nitrogen and oxygen atoms in total. The first-order valence-electron chi connectivity index (χ1n) is 4.68. The largest absolute Gasteiger partial charge is 0.497 e. The van der Waals surface area contributed by atoms with Gasteiger partial charge in [-0.05, 0) is 30.7 Å². The van der Waals surface area contributed by atoms with Crippen LogP contribution in [-0.2, 0) is 10.0 Å². The molecule has 0 spiro atoms. The van der Waals surface area contributed by atoms with Crippen molar-refractivity contribution in [2.24, 2.45) is 0 Å². The summed E-state index contributed by atoms with van der Waals surface area (Å²) in [7, 11) is -1.95. The van der Waals surface area contributed by atoms with Gasteiger partial charge in [0.15, 0.2) is 0 Å². The standard InChI is InChI=1S/C10H14NO3S/c1-3-8-11-15(12,13)10-6-4-9(14-2)5-7-10/h4-7H,3,8H2,1-2H3. The van der Waals surface area contributed by atoms with E-state index in [1.54, 1.807) is 12.1 Å². The Labute approximate surface area is 90.3 Å². The Morgan fingerprint density at radius 1 is 1.27 bits per heavy atom. The van der Waals surface area contributed by atoms with E-state index in [9.17, 15) is 8.42 Å². The normalized spacial score (nSPS) is 11.3. The Hall–Kier alpha value is -1.07. The zero-order valence-electron chi connectivity index (χ0n) is 8.80. The molecule has 1 aromatic rings. The maximum absolute atomic E-state index is 11.6. The minimum atomic E-state index is -3.48. The predicted octanol–water partition coefficient (Wildman–Crippen LogP) is 1.40. The number of nitrogens with zero attached hydrogens (tertiary/aromatic N) is 1. The lowest BCUT2D eigenvalue weighted by Gasteiger charge is -2.04. The van der Waals surface area contributed by atoms with Crippen LogP contribution in [0.5, 0.6) is 5.75 Å². The molecule has 0 saturated carbocycles. The molecule has 1 aromatic carbocycles. The van der Waals surface area contributed by atoms with Crippen LogP contribution in [0.25, 0.3) is 0 Å². The van der Waals surface area contributed by atoms with Gasteiger partial charge in [-0.3, -0.25) is 0 Å². The van der Waals surface area contributed by atoms with Crippen LogP contribution in [-0.4, -0.2) is 22.1 Å². The Morgan fingerprint density at radius 2 is 1.87 bits per heavy atom. The van der Waals surface area contributed by atoms with Crippen molar-refractivity contribution >= 4 is 10.0 Å². The highest BCUT2D eigenvalue weighted by Crippen LogP contribution is 2.15. The van der Waals surface area contributed by atoms with E-state index in [0.717, 1.165) is 6.42 Å². The number of sulfonamides is 1. The number of hydrogen-bond donors (Lipinski definition) is 0. The minimum Gasteiger partial charge on any atom is -0.497 e. The first-order valence-corrected chi connectivity index (χ1v) is 6.12. The Morgan fingerprint density at radius 3 is 2.33 bits per heavy atom. The maximum atomic E-state index is 11.6. The quantitative estimate of drug-likeness (QED) is 0.765. The zero-order valence-corrected chi connectivity index (χ0v) is 9.62. The van der Waals surface area contributed by atoms with Gasteiger partial charge in [-0.1, -0.05) is 6.92 Å². The van der Waals surface area contributed by atoms with E-state index in [1.165, 1.54) is 19.2 Å². The van der Waals surface area contributed by atoms with Crippen molar-refractivity contribution in [2.45, 2.75) is 18.2 Å². The molecule has 0 aromatic heterocycles. The van der Waals surface area contributed by atoms with Crippen LogP contribution < -0.4 is 9.46 Å². The van der Waals surface area contributed by atoms with Crippen LogP contribution in [0.1, 0.15) is 13.3 Å². The lowest BCUT2D eigenvalue weighted by molar-refractivity contribution is 0.414. The highest BCUT2D eigenvalue weighted by molar-refractivity contribution is 7.89. The summed E-state index contributed by atoms with van der Waals surface area (Å²) in [5.41, 5.74) is 0. The van der Waals surface area contributed by atoms with Gasteiger partial charge in [0.2, 0.25) is 0 Å². The fourth-order valence-electron chi connectivity index (χ4n) is 1.03. The van der Waals surface area contributed by atoms with E-state index in [-0.39, 0.29) is 4.90 Å². The summed E-state index contributed by atoms with van der Waals surface area (Å²) >= 11 is 0. The molecule has 5 heteroatoms. The number of rotatable bonds is 5. The van der Waals surface area contributed by atoms with Crippen LogP contribution in [0.4, 0.5) is 0 Å². The van der Waals surface area contributed by atoms with Gasteiger partial charge < -0.3 is 4.74 Å². The molecule has 0 unspecified atom stereocenters. The van der Waals surface area contributed by atoms with E-state index in [2.05, 4.69) is 4.72 Å². The third-order valence-corrected chi connectivity index (χ3v) is 3.23. The van der Waals surface area contributed by atoms with Crippen molar-refractivity contribution < 1.29 is 13.2 Å². The summed E-state index contributed by atoms with van der Waals surface area (Å²) in [6.07, 6.45) is 0.718. The number of benzene rings is 1. The summed E-state index contributed by atoms with van der Waals surface area (Å²) in [6, 6.07) is 6.20. The van der Waals surface area contributed by atoms with Crippen LogP contribution in [0.3, 0.4) is 0 Å². The Balaban J connectivity index is 2.86. The van der Waals surface area contributed by atoms with Gasteiger partial charge in [-0.2, -0.15) is 0 Å². The van der Waals surface area contributed by atoms with Gasteiger partial charge in [0.05, 0.1) is 12.0 Å². The van der Waals surface area contributed by atoms with Gasteiger partial charge in [-0.25, -0.2) is 8.42 Å². The topological polar surface area (TPSA) is 57.5 Å². The Kier molecular flexibility index (Phi) is 4.11. The monoisotopic (exact) mass is 228 g/mol. The van der Waals surface area contributed by atoms with E-state index in [1.807, 2.05) is 6.92 Å². The molecule has 0 heterocycles. The molecular formula is C10H14NO3S. The molecule has 0 amide bonds. The molecule has 1 rings (SSSR count). The van der Waals surface area contributed by atoms with Gasteiger partial charge in [0.1, 0.15) is 5.75 Å². The number of hydrogen-bond acceptors (Lipinski definition) is 3. The van der Waals surface area contributed by atoms with Crippen molar-refractivity contribution in [1.82, 2.24) is 4.72 Å². The highest BCUT2D eigenvalue weighted by atomic mass is 32.2. The van der Waals surface area contributed by atoms with Gasteiger partial charge >= 0.3 is 0 Å². The second-order valence-electron chi connectivity index (χ2n) is 3.00. The molecule has 0 aliphatic rings. The summed E-state index contributed by atoms with van der Waals surface area (Å²) in [6.45, 7) is 2.21. The molecular weight excluding hydrogens is 214 g/mol. The molecule has 0 atom stereocenters. The number of ether oxygens (including phenoxy) is 1. The first-order chi connectivity index (χ1) is 7.10. The van der Waals surface area contributed by atoms with Crippen LogP contribution in [0.15, 0.2) is 29.2 Å². The molecule has 0 aliphatic carbocycles. The van der Waals surface area contributed by atoms with Crippen molar-refractivity contribution in [1.29, 1.82) is 0 Å². The van der Waals surface area contributed by atoms with Crippen molar-refractivity contribution in [3.63, 3.8) is 0 Å². The van der Waals surface area contributed by atoms with Crippen molar-refractivity contribution in [2.75, 3.05) is 13.7 Å². The third-order valence-electron chi connectivity index (χ3n) is 1.84.